The van der Waals surface area contributed by atoms with Crippen molar-refractivity contribution in [2.24, 2.45) is 0 Å². The monoisotopic (exact) mass is 526 g/mol. The van der Waals surface area contributed by atoms with Crippen molar-refractivity contribution in [2.75, 3.05) is 18.1 Å². The smallest absolute Gasteiger partial charge is 0.382 e. The number of pyridine rings is 1. The molecule has 0 fully saturated rings. The van der Waals surface area contributed by atoms with Crippen LogP contribution < -0.4 is 16.4 Å². The first-order valence-corrected chi connectivity index (χ1v) is 11.0. The molecular weight excluding hydrogens is 508 g/mol. The summed E-state index contributed by atoms with van der Waals surface area (Å²) in [5, 5.41) is 4.71. The first kappa shape index (κ1) is 24.7. The van der Waals surface area contributed by atoms with Gasteiger partial charge in [-0.05, 0) is 37.3 Å². The van der Waals surface area contributed by atoms with Gasteiger partial charge < -0.3 is 16.4 Å². The number of nitrogens with zero attached hydrogens (tertiary/aromatic N) is 5. The number of benzene rings is 1. The lowest BCUT2D eigenvalue weighted by atomic mass is 10.1. The molecule has 0 unspecified atom stereocenters. The summed E-state index contributed by atoms with van der Waals surface area (Å²) in [7, 11) is 1.49. The Kier molecular flexibility index (Phi) is 5.73. The van der Waals surface area contributed by atoms with Gasteiger partial charge in [-0.3, -0.25) is 18.4 Å². The van der Waals surface area contributed by atoms with Gasteiger partial charge in [-0.25, -0.2) is 19.3 Å². The van der Waals surface area contributed by atoms with Crippen molar-refractivity contribution in [2.45, 2.75) is 13.1 Å². The minimum Gasteiger partial charge on any atom is -0.382 e. The van der Waals surface area contributed by atoms with Crippen LogP contribution in [0.25, 0.3) is 22.4 Å². The van der Waals surface area contributed by atoms with Gasteiger partial charge in [0.05, 0.1) is 23.6 Å². The molecule has 1 aromatic carbocycles. The van der Waals surface area contributed by atoms with Crippen molar-refractivity contribution in [3.05, 3.63) is 77.5 Å². The van der Waals surface area contributed by atoms with Gasteiger partial charge in [0, 0.05) is 18.8 Å². The summed E-state index contributed by atoms with van der Waals surface area (Å²) >= 11 is 0. The van der Waals surface area contributed by atoms with Crippen LogP contribution in [0.5, 0.6) is 0 Å². The standard InChI is InChI=1S/C24H18F4N8O2/c1-11-33-19(20-21(29)32-10-17(36(11)20)22(37)30-2)12-5-6-35-16(9-31-18(35)7-12)23(38)34-15-8-13(24(26,27)28)3-4-14(15)25/h3-10H,1-2H3,(H2,29,32)(H,30,37)(H,34,38). The number of aromatic nitrogens is 5. The Morgan fingerprint density at radius 3 is 2.47 bits per heavy atom. The molecule has 0 aliphatic rings. The maximum Gasteiger partial charge on any atom is 0.416 e. The van der Waals surface area contributed by atoms with Gasteiger partial charge in [-0.15, -0.1) is 0 Å². The number of carbonyl (C=O) groups excluding carboxylic acids is 2. The molecule has 5 aromatic rings. The van der Waals surface area contributed by atoms with E-state index in [-0.39, 0.29) is 23.1 Å². The molecule has 0 saturated carbocycles. The Hall–Kier alpha value is -5.01. The maximum absolute atomic E-state index is 14.1. The first-order chi connectivity index (χ1) is 18.0. The van der Waals surface area contributed by atoms with Crippen LogP contribution in [0.3, 0.4) is 0 Å². The number of nitrogens with two attached hydrogens (primary N) is 1. The Bertz CT molecular complexity index is 1760. The lowest BCUT2D eigenvalue weighted by molar-refractivity contribution is -0.137. The predicted octanol–water partition coefficient (Wildman–Crippen LogP) is 3.70. The van der Waals surface area contributed by atoms with E-state index in [2.05, 4.69) is 25.6 Å². The van der Waals surface area contributed by atoms with E-state index in [1.165, 1.54) is 30.0 Å². The number of carbonyl (C=O) groups is 2. The third kappa shape index (κ3) is 4.05. The number of rotatable bonds is 4. The van der Waals surface area contributed by atoms with E-state index in [9.17, 15) is 27.2 Å². The third-order valence-corrected chi connectivity index (χ3v) is 5.88. The van der Waals surface area contributed by atoms with Gasteiger partial charge in [0.15, 0.2) is 0 Å². The second-order valence-electron chi connectivity index (χ2n) is 8.23. The highest BCUT2D eigenvalue weighted by Crippen LogP contribution is 2.32. The van der Waals surface area contributed by atoms with Crippen LogP contribution in [0.2, 0.25) is 0 Å². The fraction of sp³-hybridized carbons (Fsp3) is 0.125. The van der Waals surface area contributed by atoms with Crippen LogP contribution in [-0.2, 0) is 6.18 Å². The number of fused-ring (bicyclic) bond motifs is 2. The highest BCUT2D eigenvalue weighted by molar-refractivity contribution is 6.03. The summed E-state index contributed by atoms with van der Waals surface area (Å²) in [6.07, 6.45) is -0.657. The predicted molar refractivity (Wildman–Crippen MR) is 129 cm³/mol. The molecule has 0 bridgehead atoms. The average molecular weight is 526 g/mol. The normalized spacial score (nSPS) is 11.7. The van der Waals surface area contributed by atoms with Crippen LogP contribution in [0.15, 0.2) is 48.9 Å². The van der Waals surface area contributed by atoms with E-state index in [1.54, 1.807) is 23.5 Å². The van der Waals surface area contributed by atoms with Gasteiger partial charge in [0.2, 0.25) is 0 Å². The van der Waals surface area contributed by atoms with Crippen molar-refractivity contribution in [3.8, 4) is 11.3 Å². The molecule has 5 rings (SSSR count). The fourth-order valence-electron chi connectivity index (χ4n) is 4.08. The maximum atomic E-state index is 14.1. The number of aryl methyl sites for hydroxylation is 1. The van der Waals surface area contributed by atoms with E-state index in [1.807, 2.05) is 0 Å². The topological polar surface area (TPSA) is 132 Å². The number of nitrogen functional groups attached to an aromatic ring is 1. The number of hydrogen-bond acceptors (Lipinski definition) is 6. The Labute approximate surface area is 211 Å². The Morgan fingerprint density at radius 1 is 1.03 bits per heavy atom. The van der Waals surface area contributed by atoms with Gasteiger partial charge in [0.25, 0.3) is 11.8 Å². The summed E-state index contributed by atoms with van der Waals surface area (Å²) in [5.74, 6) is -1.65. The molecule has 4 heterocycles. The fourth-order valence-corrected chi connectivity index (χ4v) is 4.08. The van der Waals surface area contributed by atoms with E-state index in [4.69, 9.17) is 5.73 Å². The first-order valence-electron chi connectivity index (χ1n) is 11.0. The molecule has 4 aromatic heterocycles. The van der Waals surface area contributed by atoms with E-state index >= 15 is 0 Å². The molecule has 0 saturated heterocycles. The lowest BCUT2D eigenvalue weighted by Crippen LogP contribution is -2.22. The van der Waals surface area contributed by atoms with Gasteiger partial charge in [0.1, 0.15) is 45.7 Å². The Balaban J connectivity index is 1.53. The summed E-state index contributed by atoms with van der Waals surface area (Å²) in [4.78, 5) is 38.0. The number of amides is 2. The molecule has 0 aliphatic carbocycles. The largest absolute Gasteiger partial charge is 0.416 e. The SMILES string of the molecule is CNC(=O)c1cnc(N)c2c(-c3ccn4c(C(=O)Nc5cc(C(F)(F)F)ccc5F)cnc4c3)nc(C)n12. The number of alkyl halides is 3. The van der Waals surface area contributed by atoms with Crippen molar-refractivity contribution in [1.82, 2.24) is 29.1 Å². The van der Waals surface area contributed by atoms with E-state index in [0.717, 1.165) is 0 Å². The molecule has 4 N–H and O–H groups in total. The van der Waals surface area contributed by atoms with E-state index < -0.39 is 29.2 Å². The molecule has 194 valence electrons. The third-order valence-electron chi connectivity index (χ3n) is 5.88. The van der Waals surface area contributed by atoms with Crippen LogP contribution in [-0.4, -0.2) is 42.6 Å². The second-order valence-corrected chi connectivity index (χ2v) is 8.23. The minimum atomic E-state index is -4.71. The van der Waals surface area contributed by atoms with Crippen LogP contribution in [0, 0.1) is 12.7 Å². The number of halogens is 4. The van der Waals surface area contributed by atoms with Gasteiger partial charge in [-0.2, -0.15) is 13.2 Å². The molecule has 0 aliphatic heterocycles. The van der Waals surface area contributed by atoms with E-state index in [0.29, 0.717) is 46.4 Å². The zero-order chi connectivity index (χ0) is 27.4. The second kappa shape index (κ2) is 8.83. The van der Waals surface area contributed by atoms with Crippen molar-refractivity contribution >= 4 is 34.5 Å². The molecule has 38 heavy (non-hydrogen) atoms. The number of nitrogens with one attached hydrogen (secondary N) is 2. The zero-order valence-corrected chi connectivity index (χ0v) is 19.8. The molecule has 0 atom stereocenters. The average Bonchev–Trinajstić information content (AvgIpc) is 3.46. The van der Waals surface area contributed by atoms with Crippen molar-refractivity contribution in [3.63, 3.8) is 0 Å². The van der Waals surface area contributed by atoms with Gasteiger partial charge in [-0.1, -0.05) is 0 Å². The summed E-state index contributed by atoms with van der Waals surface area (Å²) in [5.41, 5.74) is 6.25. The highest BCUT2D eigenvalue weighted by Gasteiger charge is 2.31. The molecule has 0 spiro atoms. The molecule has 2 amide bonds. The summed E-state index contributed by atoms with van der Waals surface area (Å²) in [6, 6.07) is 4.96. The summed E-state index contributed by atoms with van der Waals surface area (Å²) in [6.45, 7) is 1.70. The molecule has 14 heteroatoms. The Morgan fingerprint density at radius 2 is 1.76 bits per heavy atom. The number of imidazole rings is 2. The quantitative estimate of drug-likeness (QED) is 0.306. The lowest BCUT2D eigenvalue weighted by Gasteiger charge is -2.11. The van der Waals surface area contributed by atoms with Gasteiger partial charge >= 0.3 is 6.18 Å². The van der Waals surface area contributed by atoms with Crippen LogP contribution in [0.4, 0.5) is 29.1 Å². The van der Waals surface area contributed by atoms with Crippen LogP contribution in [0.1, 0.15) is 32.4 Å². The highest BCUT2D eigenvalue weighted by atomic mass is 19.4. The summed E-state index contributed by atoms with van der Waals surface area (Å²) < 4.78 is 56.1. The zero-order valence-electron chi connectivity index (χ0n) is 19.8. The molecule has 10 nitrogen and oxygen atoms in total. The molecular formula is C24H18F4N8O2. The number of hydrogen-bond donors (Lipinski definition) is 3. The number of anilines is 2. The molecule has 0 radical (unpaired) electrons. The van der Waals surface area contributed by atoms with Crippen molar-refractivity contribution < 1.29 is 27.2 Å². The van der Waals surface area contributed by atoms with Crippen LogP contribution >= 0.6 is 0 Å². The van der Waals surface area contributed by atoms with Crippen molar-refractivity contribution in [1.29, 1.82) is 0 Å². The minimum absolute atomic E-state index is 0.0441.